The van der Waals surface area contributed by atoms with Crippen LogP contribution in [0, 0.1) is 0 Å². The number of benzene rings is 2. The van der Waals surface area contributed by atoms with E-state index in [-0.39, 0.29) is 11.9 Å². The van der Waals surface area contributed by atoms with Gasteiger partial charge in [0.15, 0.2) is 11.5 Å². The van der Waals surface area contributed by atoms with Crippen LogP contribution in [0.3, 0.4) is 0 Å². The first-order chi connectivity index (χ1) is 14.0. The fraction of sp³-hybridized carbons (Fsp3) is 0.348. The monoisotopic (exact) mass is 399 g/mol. The zero-order chi connectivity index (χ0) is 21.2. The SMILES string of the molecule is CCOc1ccc([C@@H](C)NC(=O)/C=C/c2cc(OC)ccc2OC)cc1OCC. The van der Waals surface area contributed by atoms with E-state index in [9.17, 15) is 4.79 Å². The molecule has 6 nitrogen and oxygen atoms in total. The van der Waals surface area contributed by atoms with Crippen molar-refractivity contribution in [3.63, 3.8) is 0 Å². The van der Waals surface area contributed by atoms with Crippen LogP contribution in [0.5, 0.6) is 23.0 Å². The Morgan fingerprint density at radius 3 is 2.31 bits per heavy atom. The van der Waals surface area contributed by atoms with Crippen molar-refractivity contribution in [2.45, 2.75) is 26.8 Å². The van der Waals surface area contributed by atoms with Gasteiger partial charge < -0.3 is 24.3 Å². The highest BCUT2D eigenvalue weighted by atomic mass is 16.5. The molecule has 156 valence electrons. The van der Waals surface area contributed by atoms with Gasteiger partial charge in [-0.1, -0.05) is 6.07 Å². The number of ether oxygens (including phenoxy) is 4. The standard InChI is InChI=1S/C23H29NO5/c1-6-28-21-11-8-17(15-22(21)29-7-2)16(3)24-23(25)13-9-18-14-19(26-4)10-12-20(18)27-5/h8-16H,6-7H2,1-5H3,(H,24,25)/b13-9+/t16-/m1/s1. The molecule has 0 bridgehead atoms. The molecule has 2 aromatic rings. The summed E-state index contributed by atoms with van der Waals surface area (Å²) in [5, 5.41) is 2.96. The molecule has 0 heterocycles. The number of hydrogen-bond donors (Lipinski definition) is 1. The minimum Gasteiger partial charge on any atom is -0.497 e. The number of carbonyl (C=O) groups is 1. The van der Waals surface area contributed by atoms with E-state index in [0.29, 0.717) is 36.2 Å². The molecule has 2 aromatic carbocycles. The highest BCUT2D eigenvalue weighted by Gasteiger charge is 2.12. The number of methoxy groups -OCH3 is 2. The third kappa shape index (κ3) is 6.17. The molecule has 2 rings (SSSR count). The molecule has 1 N–H and O–H groups in total. The normalized spacial score (nSPS) is 11.8. The van der Waals surface area contributed by atoms with Crippen molar-refractivity contribution < 1.29 is 23.7 Å². The fourth-order valence-corrected chi connectivity index (χ4v) is 2.82. The van der Waals surface area contributed by atoms with E-state index >= 15 is 0 Å². The fourth-order valence-electron chi connectivity index (χ4n) is 2.82. The predicted molar refractivity (Wildman–Crippen MR) is 114 cm³/mol. The Labute approximate surface area is 172 Å². The highest BCUT2D eigenvalue weighted by Crippen LogP contribution is 2.31. The molecule has 0 radical (unpaired) electrons. The molecular formula is C23H29NO5. The van der Waals surface area contributed by atoms with Gasteiger partial charge in [0, 0.05) is 11.6 Å². The van der Waals surface area contributed by atoms with Crippen LogP contribution in [0.15, 0.2) is 42.5 Å². The molecule has 1 amide bonds. The van der Waals surface area contributed by atoms with E-state index in [0.717, 1.165) is 11.1 Å². The van der Waals surface area contributed by atoms with Gasteiger partial charge in [-0.2, -0.15) is 0 Å². The molecular weight excluding hydrogens is 370 g/mol. The van der Waals surface area contributed by atoms with E-state index in [1.54, 1.807) is 32.4 Å². The van der Waals surface area contributed by atoms with Crippen LogP contribution in [0.1, 0.15) is 37.9 Å². The average molecular weight is 399 g/mol. The van der Waals surface area contributed by atoms with Crippen LogP contribution in [-0.2, 0) is 4.79 Å². The van der Waals surface area contributed by atoms with Gasteiger partial charge >= 0.3 is 0 Å². The second-order valence-electron chi connectivity index (χ2n) is 6.24. The quantitative estimate of drug-likeness (QED) is 0.600. The summed E-state index contributed by atoms with van der Waals surface area (Å²) < 4.78 is 21.8. The largest absolute Gasteiger partial charge is 0.497 e. The smallest absolute Gasteiger partial charge is 0.244 e. The Kier molecular flexibility index (Phi) is 8.40. The molecule has 0 unspecified atom stereocenters. The Morgan fingerprint density at radius 2 is 1.66 bits per heavy atom. The zero-order valence-corrected chi connectivity index (χ0v) is 17.7. The molecule has 0 aromatic heterocycles. The second-order valence-corrected chi connectivity index (χ2v) is 6.24. The van der Waals surface area contributed by atoms with Crippen molar-refractivity contribution in [2.75, 3.05) is 27.4 Å². The molecule has 0 aliphatic heterocycles. The topological polar surface area (TPSA) is 66.0 Å². The lowest BCUT2D eigenvalue weighted by molar-refractivity contribution is -0.117. The van der Waals surface area contributed by atoms with Gasteiger partial charge in [0.1, 0.15) is 11.5 Å². The van der Waals surface area contributed by atoms with Crippen LogP contribution in [0.4, 0.5) is 0 Å². The molecule has 6 heteroatoms. The lowest BCUT2D eigenvalue weighted by Gasteiger charge is -2.17. The van der Waals surface area contributed by atoms with Gasteiger partial charge in [0.2, 0.25) is 5.91 Å². The molecule has 0 aliphatic rings. The van der Waals surface area contributed by atoms with E-state index in [2.05, 4.69) is 5.32 Å². The molecule has 0 aliphatic carbocycles. The summed E-state index contributed by atoms with van der Waals surface area (Å²) in [7, 11) is 3.18. The van der Waals surface area contributed by atoms with E-state index in [1.165, 1.54) is 6.08 Å². The van der Waals surface area contributed by atoms with Crippen LogP contribution < -0.4 is 24.3 Å². The number of carbonyl (C=O) groups excluding carboxylic acids is 1. The molecule has 0 fully saturated rings. The van der Waals surface area contributed by atoms with Gasteiger partial charge in [-0.05, 0) is 62.7 Å². The number of amides is 1. The highest BCUT2D eigenvalue weighted by molar-refractivity contribution is 5.92. The summed E-state index contributed by atoms with van der Waals surface area (Å²) in [4.78, 5) is 12.4. The zero-order valence-electron chi connectivity index (χ0n) is 17.7. The molecule has 0 spiro atoms. The van der Waals surface area contributed by atoms with E-state index in [4.69, 9.17) is 18.9 Å². The lowest BCUT2D eigenvalue weighted by atomic mass is 10.1. The molecule has 29 heavy (non-hydrogen) atoms. The predicted octanol–water partition coefficient (Wildman–Crippen LogP) is 4.39. The van der Waals surface area contributed by atoms with Gasteiger partial charge in [-0.3, -0.25) is 4.79 Å². The van der Waals surface area contributed by atoms with Crippen molar-refractivity contribution in [3.8, 4) is 23.0 Å². The molecule has 0 saturated carbocycles. The Bertz CT molecular complexity index is 847. The maximum Gasteiger partial charge on any atom is 0.244 e. The van der Waals surface area contributed by atoms with Gasteiger partial charge in [-0.15, -0.1) is 0 Å². The van der Waals surface area contributed by atoms with Crippen molar-refractivity contribution in [2.24, 2.45) is 0 Å². The van der Waals surface area contributed by atoms with Crippen molar-refractivity contribution in [1.29, 1.82) is 0 Å². The van der Waals surface area contributed by atoms with Gasteiger partial charge in [0.25, 0.3) is 0 Å². The van der Waals surface area contributed by atoms with Crippen LogP contribution in [0.25, 0.3) is 6.08 Å². The summed E-state index contributed by atoms with van der Waals surface area (Å²) in [5.74, 6) is 2.51. The molecule has 0 saturated heterocycles. The first-order valence-corrected chi connectivity index (χ1v) is 9.62. The van der Waals surface area contributed by atoms with Crippen molar-refractivity contribution >= 4 is 12.0 Å². The number of rotatable bonds is 10. The third-order valence-electron chi connectivity index (χ3n) is 4.28. The lowest BCUT2D eigenvalue weighted by Crippen LogP contribution is -2.24. The van der Waals surface area contributed by atoms with Crippen LogP contribution in [0.2, 0.25) is 0 Å². The summed E-state index contributed by atoms with van der Waals surface area (Å²) in [6.07, 6.45) is 3.18. The first kappa shape index (κ1) is 22.1. The average Bonchev–Trinajstić information content (AvgIpc) is 2.73. The van der Waals surface area contributed by atoms with Gasteiger partial charge in [0.05, 0.1) is 33.5 Å². The summed E-state index contributed by atoms with van der Waals surface area (Å²) in [6, 6.07) is 10.9. The molecule has 1 atom stereocenters. The van der Waals surface area contributed by atoms with Crippen molar-refractivity contribution in [3.05, 3.63) is 53.6 Å². The van der Waals surface area contributed by atoms with Crippen LogP contribution in [-0.4, -0.2) is 33.3 Å². The Hall–Kier alpha value is -3.15. The van der Waals surface area contributed by atoms with Crippen molar-refractivity contribution in [1.82, 2.24) is 5.32 Å². The summed E-state index contributed by atoms with van der Waals surface area (Å²) >= 11 is 0. The first-order valence-electron chi connectivity index (χ1n) is 9.62. The maximum atomic E-state index is 12.4. The number of nitrogens with one attached hydrogen (secondary N) is 1. The second kappa shape index (κ2) is 11.0. The minimum absolute atomic E-state index is 0.200. The van der Waals surface area contributed by atoms with E-state index < -0.39 is 0 Å². The Balaban J connectivity index is 2.11. The maximum absolute atomic E-state index is 12.4. The van der Waals surface area contributed by atoms with Crippen LogP contribution >= 0.6 is 0 Å². The summed E-state index contributed by atoms with van der Waals surface area (Å²) in [6.45, 7) is 6.87. The van der Waals surface area contributed by atoms with E-state index in [1.807, 2.05) is 45.0 Å². The van der Waals surface area contributed by atoms with Gasteiger partial charge in [-0.25, -0.2) is 0 Å². The Morgan fingerprint density at radius 1 is 0.966 bits per heavy atom. The number of hydrogen-bond acceptors (Lipinski definition) is 5. The summed E-state index contributed by atoms with van der Waals surface area (Å²) in [5.41, 5.74) is 1.69. The third-order valence-corrected chi connectivity index (χ3v) is 4.28. The minimum atomic E-state index is -0.214.